The molecule has 0 N–H and O–H groups in total. The highest BCUT2D eigenvalue weighted by Gasteiger charge is 1.96. The molecular weight excluding hydrogens is 176 g/mol. The first-order chi connectivity index (χ1) is 6.90. The molecule has 0 aliphatic rings. The van der Waals surface area contributed by atoms with E-state index in [0.717, 1.165) is 11.3 Å². The quantitative estimate of drug-likeness (QED) is 0.707. The molecule has 0 unspecified atom stereocenters. The third kappa shape index (κ3) is 1.62. The second-order valence-electron chi connectivity index (χ2n) is 2.84. The van der Waals surface area contributed by atoms with Gasteiger partial charge in [0.1, 0.15) is 12.7 Å². The van der Waals surface area contributed by atoms with E-state index in [0.29, 0.717) is 6.42 Å². The first-order valence-corrected chi connectivity index (χ1v) is 4.21. The topological polar surface area (TPSA) is 54.5 Å². The molecule has 0 aliphatic carbocycles. The van der Waals surface area contributed by atoms with Crippen molar-refractivity contribution in [1.29, 1.82) is 5.26 Å². The fourth-order valence-corrected chi connectivity index (χ4v) is 1.20. The van der Waals surface area contributed by atoms with Crippen molar-refractivity contribution in [2.24, 2.45) is 0 Å². The van der Waals surface area contributed by atoms with Crippen LogP contribution < -0.4 is 0 Å². The number of benzene rings is 1. The molecule has 2 aromatic rings. The van der Waals surface area contributed by atoms with Gasteiger partial charge in [-0.15, -0.1) is 0 Å². The van der Waals surface area contributed by atoms with E-state index in [-0.39, 0.29) is 0 Å². The number of rotatable bonds is 2. The van der Waals surface area contributed by atoms with Crippen LogP contribution in [0.1, 0.15) is 5.56 Å². The molecule has 0 aliphatic heterocycles. The van der Waals surface area contributed by atoms with Crippen LogP contribution in [0.5, 0.6) is 0 Å². The lowest BCUT2D eigenvalue weighted by Gasteiger charge is -2.00. The smallest absolute Gasteiger partial charge is 0.138 e. The van der Waals surface area contributed by atoms with E-state index in [9.17, 15) is 0 Å². The maximum atomic E-state index is 8.50. The molecule has 0 radical (unpaired) electrons. The lowest BCUT2D eigenvalue weighted by Crippen LogP contribution is -1.94. The number of hydrogen-bond donors (Lipinski definition) is 0. The molecule has 4 heteroatoms. The molecule has 0 bridgehead atoms. The van der Waals surface area contributed by atoms with E-state index in [2.05, 4.69) is 16.2 Å². The molecule has 1 aromatic carbocycles. The van der Waals surface area contributed by atoms with Gasteiger partial charge in [-0.1, -0.05) is 12.1 Å². The summed E-state index contributed by atoms with van der Waals surface area (Å²) in [6.45, 7) is 0. The monoisotopic (exact) mass is 184 g/mol. The van der Waals surface area contributed by atoms with Gasteiger partial charge in [0.15, 0.2) is 0 Å². The Hall–Kier alpha value is -2.15. The summed E-state index contributed by atoms with van der Waals surface area (Å²) in [7, 11) is 0. The van der Waals surface area contributed by atoms with E-state index in [4.69, 9.17) is 5.26 Å². The first kappa shape index (κ1) is 8.45. The van der Waals surface area contributed by atoms with Gasteiger partial charge >= 0.3 is 0 Å². The third-order valence-electron chi connectivity index (χ3n) is 1.90. The molecule has 2 rings (SSSR count). The molecule has 0 atom stereocenters. The van der Waals surface area contributed by atoms with Crippen LogP contribution in [0.4, 0.5) is 0 Å². The Kier molecular flexibility index (Phi) is 2.24. The van der Waals surface area contributed by atoms with Gasteiger partial charge in [-0.2, -0.15) is 10.4 Å². The zero-order valence-electron chi connectivity index (χ0n) is 7.46. The molecule has 14 heavy (non-hydrogen) atoms. The van der Waals surface area contributed by atoms with Gasteiger partial charge in [-0.3, -0.25) is 0 Å². The molecule has 1 heterocycles. The van der Waals surface area contributed by atoms with Gasteiger partial charge in [0.2, 0.25) is 0 Å². The Balaban J connectivity index is 2.27. The summed E-state index contributed by atoms with van der Waals surface area (Å²) in [4.78, 5) is 3.86. The van der Waals surface area contributed by atoms with Crippen molar-refractivity contribution in [3.8, 4) is 11.8 Å². The number of nitriles is 1. The third-order valence-corrected chi connectivity index (χ3v) is 1.90. The van der Waals surface area contributed by atoms with Gasteiger partial charge in [-0.25, -0.2) is 9.67 Å². The Morgan fingerprint density at radius 1 is 1.29 bits per heavy atom. The van der Waals surface area contributed by atoms with Crippen LogP contribution in [0, 0.1) is 11.3 Å². The largest absolute Gasteiger partial charge is 0.223 e. The van der Waals surface area contributed by atoms with Gasteiger partial charge in [0.05, 0.1) is 18.2 Å². The lowest BCUT2D eigenvalue weighted by atomic mass is 10.1. The molecule has 68 valence electrons. The molecule has 0 saturated carbocycles. The predicted octanol–water partition coefficient (Wildman–Crippen LogP) is 1.33. The van der Waals surface area contributed by atoms with Crippen LogP contribution in [0.3, 0.4) is 0 Å². The van der Waals surface area contributed by atoms with Crippen LogP contribution in [-0.4, -0.2) is 14.8 Å². The molecule has 1 aromatic heterocycles. The van der Waals surface area contributed by atoms with E-state index >= 15 is 0 Å². The van der Waals surface area contributed by atoms with E-state index in [1.54, 1.807) is 11.0 Å². The van der Waals surface area contributed by atoms with Gasteiger partial charge < -0.3 is 0 Å². The highest BCUT2D eigenvalue weighted by Crippen LogP contribution is 2.07. The van der Waals surface area contributed by atoms with Crippen molar-refractivity contribution in [2.75, 3.05) is 0 Å². The van der Waals surface area contributed by atoms with Crippen LogP contribution in [0.25, 0.3) is 5.69 Å². The summed E-state index contributed by atoms with van der Waals surface area (Å²) >= 11 is 0. The minimum Gasteiger partial charge on any atom is -0.223 e. The summed E-state index contributed by atoms with van der Waals surface area (Å²) in [6.07, 6.45) is 3.57. The molecule has 0 spiro atoms. The summed E-state index contributed by atoms with van der Waals surface area (Å²) in [6, 6.07) is 9.77. The normalized spacial score (nSPS) is 9.64. The van der Waals surface area contributed by atoms with Crippen molar-refractivity contribution < 1.29 is 0 Å². The summed E-state index contributed by atoms with van der Waals surface area (Å²) < 4.78 is 1.68. The summed E-state index contributed by atoms with van der Waals surface area (Å²) in [5.74, 6) is 0. The molecule has 4 nitrogen and oxygen atoms in total. The fraction of sp³-hybridized carbons (Fsp3) is 0.100. The predicted molar refractivity (Wildman–Crippen MR) is 50.7 cm³/mol. The molecular formula is C10H8N4. The second kappa shape index (κ2) is 3.71. The maximum absolute atomic E-state index is 8.50. The molecule has 0 amide bonds. The van der Waals surface area contributed by atoms with Crippen LogP contribution in [0.2, 0.25) is 0 Å². The Morgan fingerprint density at radius 3 is 2.64 bits per heavy atom. The average molecular weight is 184 g/mol. The van der Waals surface area contributed by atoms with Gasteiger partial charge in [0.25, 0.3) is 0 Å². The average Bonchev–Trinajstić information content (AvgIpc) is 2.72. The summed E-state index contributed by atoms with van der Waals surface area (Å²) in [5.41, 5.74) is 1.96. The Labute approximate surface area is 81.4 Å². The SMILES string of the molecule is N#CCc1ccc(-n2cncn2)cc1. The van der Waals surface area contributed by atoms with E-state index < -0.39 is 0 Å². The zero-order chi connectivity index (χ0) is 9.80. The van der Waals surface area contributed by atoms with Crippen molar-refractivity contribution >= 4 is 0 Å². The highest BCUT2D eigenvalue weighted by atomic mass is 15.3. The second-order valence-corrected chi connectivity index (χ2v) is 2.84. The zero-order valence-corrected chi connectivity index (χ0v) is 7.46. The Bertz CT molecular complexity index is 436. The number of hydrogen-bond acceptors (Lipinski definition) is 3. The highest BCUT2D eigenvalue weighted by molar-refractivity contribution is 5.34. The van der Waals surface area contributed by atoms with Crippen LogP contribution >= 0.6 is 0 Å². The number of aromatic nitrogens is 3. The van der Waals surface area contributed by atoms with Crippen molar-refractivity contribution in [3.05, 3.63) is 42.5 Å². The molecule has 0 fully saturated rings. The lowest BCUT2D eigenvalue weighted by molar-refractivity contribution is 0.878. The Morgan fingerprint density at radius 2 is 2.07 bits per heavy atom. The van der Waals surface area contributed by atoms with Crippen molar-refractivity contribution in [3.63, 3.8) is 0 Å². The fourth-order valence-electron chi connectivity index (χ4n) is 1.20. The minimum absolute atomic E-state index is 0.442. The standard InChI is InChI=1S/C10H8N4/c11-6-5-9-1-3-10(4-2-9)14-8-12-7-13-14/h1-4,7-8H,5H2. The van der Waals surface area contributed by atoms with Gasteiger partial charge in [-0.05, 0) is 17.7 Å². The number of nitrogens with zero attached hydrogens (tertiary/aromatic N) is 4. The van der Waals surface area contributed by atoms with E-state index in [1.165, 1.54) is 6.33 Å². The first-order valence-electron chi connectivity index (χ1n) is 4.21. The van der Waals surface area contributed by atoms with Crippen LogP contribution in [0.15, 0.2) is 36.9 Å². The minimum atomic E-state index is 0.442. The van der Waals surface area contributed by atoms with Crippen molar-refractivity contribution in [2.45, 2.75) is 6.42 Å². The van der Waals surface area contributed by atoms with E-state index in [1.807, 2.05) is 24.3 Å². The van der Waals surface area contributed by atoms with Gasteiger partial charge in [0, 0.05) is 0 Å². The summed E-state index contributed by atoms with van der Waals surface area (Å²) in [5, 5.41) is 12.5. The molecule has 0 saturated heterocycles. The maximum Gasteiger partial charge on any atom is 0.138 e. The van der Waals surface area contributed by atoms with Crippen molar-refractivity contribution in [1.82, 2.24) is 14.8 Å². The van der Waals surface area contributed by atoms with Crippen LogP contribution in [-0.2, 0) is 6.42 Å².